The topological polar surface area (TPSA) is 108 Å². The zero-order chi connectivity index (χ0) is 22.5. The van der Waals surface area contributed by atoms with E-state index in [2.05, 4.69) is 48.3 Å². The molecule has 7 nitrogen and oxygen atoms in total. The van der Waals surface area contributed by atoms with E-state index in [9.17, 15) is 18.3 Å². The van der Waals surface area contributed by atoms with Crippen molar-refractivity contribution in [2.75, 3.05) is 6.26 Å². The van der Waals surface area contributed by atoms with Crippen LogP contribution in [0.3, 0.4) is 0 Å². The first kappa shape index (κ1) is 23.8. The van der Waals surface area contributed by atoms with Gasteiger partial charge in [0.25, 0.3) is 0 Å². The van der Waals surface area contributed by atoms with Crippen molar-refractivity contribution in [3.8, 4) is 0 Å². The van der Waals surface area contributed by atoms with Crippen LogP contribution >= 0.6 is 12.2 Å². The molecule has 0 saturated heterocycles. The molecule has 30 heavy (non-hydrogen) atoms. The average Bonchev–Trinajstić information content (AvgIpc) is 2.64. The van der Waals surface area contributed by atoms with E-state index >= 15 is 0 Å². The Morgan fingerprint density at radius 3 is 2.30 bits per heavy atom. The van der Waals surface area contributed by atoms with Crippen molar-refractivity contribution in [1.29, 1.82) is 0 Å². The largest absolute Gasteiger partial charge is 0.478 e. The highest BCUT2D eigenvalue weighted by molar-refractivity contribution is 7.88. The van der Waals surface area contributed by atoms with E-state index in [4.69, 9.17) is 12.2 Å². The summed E-state index contributed by atoms with van der Waals surface area (Å²) in [6.45, 7) is 6.89. The van der Waals surface area contributed by atoms with Gasteiger partial charge in [-0.2, -0.15) is 4.72 Å². The lowest BCUT2D eigenvalue weighted by Gasteiger charge is -2.22. The van der Waals surface area contributed by atoms with Gasteiger partial charge in [0.1, 0.15) is 6.17 Å². The molecular formula is C21H27N3O4S2. The Hall–Kier alpha value is -2.49. The van der Waals surface area contributed by atoms with Crippen molar-refractivity contribution >= 4 is 33.3 Å². The molecule has 2 aromatic carbocycles. The molecule has 0 fully saturated rings. The van der Waals surface area contributed by atoms with Crippen molar-refractivity contribution in [2.24, 2.45) is 0 Å². The number of sulfonamides is 1. The fourth-order valence-electron chi connectivity index (χ4n) is 2.73. The lowest BCUT2D eigenvalue weighted by molar-refractivity contribution is 0.0696. The van der Waals surface area contributed by atoms with Gasteiger partial charge in [0.2, 0.25) is 10.0 Å². The first-order chi connectivity index (χ1) is 13.8. The van der Waals surface area contributed by atoms with E-state index in [1.165, 1.54) is 17.7 Å². The number of benzene rings is 2. The predicted molar refractivity (Wildman–Crippen MR) is 122 cm³/mol. The smallest absolute Gasteiger partial charge is 0.335 e. The van der Waals surface area contributed by atoms with Crippen molar-refractivity contribution < 1.29 is 18.3 Å². The Balaban J connectivity index is 2.09. The molecule has 0 bridgehead atoms. The molecule has 0 aliphatic heterocycles. The Morgan fingerprint density at radius 2 is 1.77 bits per heavy atom. The van der Waals surface area contributed by atoms with Gasteiger partial charge in [-0.3, -0.25) is 0 Å². The zero-order valence-corrected chi connectivity index (χ0v) is 19.0. The van der Waals surface area contributed by atoms with Crippen LogP contribution in [0.1, 0.15) is 54.0 Å². The lowest BCUT2D eigenvalue weighted by atomic mass is 9.87. The van der Waals surface area contributed by atoms with Crippen LogP contribution in [-0.2, 0) is 22.0 Å². The normalized spacial score (nSPS) is 12.8. The molecule has 9 heteroatoms. The monoisotopic (exact) mass is 449 g/mol. The summed E-state index contributed by atoms with van der Waals surface area (Å²) in [5.74, 6) is -1.10. The van der Waals surface area contributed by atoms with Crippen LogP contribution < -0.4 is 15.4 Å². The highest BCUT2D eigenvalue weighted by atomic mass is 32.2. The number of thiocarbonyl (C=S) groups is 1. The zero-order valence-electron chi connectivity index (χ0n) is 17.4. The van der Waals surface area contributed by atoms with Crippen LogP contribution in [0.2, 0.25) is 0 Å². The van der Waals surface area contributed by atoms with Crippen LogP contribution in [-0.4, -0.2) is 30.9 Å². The van der Waals surface area contributed by atoms with E-state index in [0.717, 1.165) is 11.8 Å². The molecule has 1 atom stereocenters. The molecule has 0 saturated carbocycles. The lowest BCUT2D eigenvalue weighted by Crippen LogP contribution is -2.44. The molecule has 0 spiro atoms. The van der Waals surface area contributed by atoms with Gasteiger partial charge in [-0.15, -0.1) is 0 Å². The molecule has 0 heterocycles. The third kappa shape index (κ3) is 7.40. The summed E-state index contributed by atoms with van der Waals surface area (Å²) in [5, 5.41) is 15.4. The Morgan fingerprint density at radius 1 is 1.13 bits per heavy atom. The van der Waals surface area contributed by atoms with Crippen LogP contribution in [0.25, 0.3) is 0 Å². The second-order valence-corrected chi connectivity index (χ2v) is 10.2. The molecule has 0 amide bonds. The standard InChI is InChI=1S/C21H27N3O4S2/c1-21(2,3)17-10-8-14(9-11-17)13-22-20(29)23-18(24-30(4,27)28)15-6-5-7-16(12-15)19(25)26/h5-12,18,24H,13H2,1-4H3,(H,25,26)(H2,22,23,29). The Kier molecular flexibility index (Phi) is 7.57. The molecule has 2 aromatic rings. The summed E-state index contributed by atoms with van der Waals surface area (Å²) in [4.78, 5) is 11.2. The van der Waals surface area contributed by atoms with Gasteiger partial charge in [0.15, 0.2) is 5.11 Å². The molecule has 162 valence electrons. The van der Waals surface area contributed by atoms with Crippen molar-refractivity contribution in [3.63, 3.8) is 0 Å². The van der Waals surface area contributed by atoms with Gasteiger partial charge in [0, 0.05) is 6.54 Å². The van der Waals surface area contributed by atoms with Crippen LogP contribution in [0.4, 0.5) is 0 Å². The minimum atomic E-state index is -3.58. The third-order valence-electron chi connectivity index (χ3n) is 4.35. The quantitative estimate of drug-likeness (QED) is 0.380. The second kappa shape index (κ2) is 9.55. The number of carbonyl (C=O) groups is 1. The molecule has 1 unspecified atom stereocenters. The summed E-state index contributed by atoms with van der Waals surface area (Å²) in [6.07, 6.45) is 0.109. The van der Waals surface area contributed by atoms with Crippen LogP contribution in [0.15, 0.2) is 48.5 Å². The van der Waals surface area contributed by atoms with Crippen LogP contribution in [0, 0.1) is 0 Å². The Labute approximate surface area is 182 Å². The van der Waals surface area contributed by atoms with E-state index in [0.29, 0.717) is 12.1 Å². The summed E-state index contributed by atoms with van der Waals surface area (Å²) in [7, 11) is -3.58. The molecule has 0 aromatic heterocycles. The molecule has 0 aliphatic rings. The van der Waals surface area contributed by atoms with Gasteiger partial charge in [-0.1, -0.05) is 57.2 Å². The highest BCUT2D eigenvalue weighted by Gasteiger charge is 2.18. The van der Waals surface area contributed by atoms with Crippen molar-refractivity contribution in [2.45, 2.75) is 38.9 Å². The van der Waals surface area contributed by atoms with Gasteiger partial charge >= 0.3 is 5.97 Å². The number of rotatable bonds is 7. The molecule has 0 aliphatic carbocycles. The first-order valence-corrected chi connectivity index (χ1v) is 11.6. The summed E-state index contributed by atoms with van der Waals surface area (Å²) < 4.78 is 26.0. The number of carboxylic acids is 1. The highest BCUT2D eigenvalue weighted by Crippen LogP contribution is 2.22. The molecular weight excluding hydrogens is 422 g/mol. The van der Waals surface area contributed by atoms with Gasteiger partial charge in [0.05, 0.1) is 11.8 Å². The molecule has 4 N–H and O–H groups in total. The van der Waals surface area contributed by atoms with Crippen molar-refractivity contribution in [1.82, 2.24) is 15.4 Å². The summed E-state index contributed by atoms with van der Waals surface area (Å²) in [6, 6.07) is 14.2. The average molecular weight is 450 g/mol. The fraction of sp³-hybridized carbons (Fsp3) is 0.333. The number of carboxylic acid groups (broad SMARTS) is 1. The first-order valence-electron chi connectivity index (χ1n) is 9.29. The van der Waals surface area contributed by atoms with E-state index < -0.39 is 22.2 Å². The van der Waals surface area contributed by atoms with E-state index in [1.54, 1.807) is 12.1 Å². The summed E-state index contributed by atoms with van der Waals surface area (Å²) in [5.41, 5.74) is 2.79. The number of hydrogen-bond acceptors (Lipinski definition) is 4. The Bertz CT molecular complexity index is 1010. The maximum atomic E-state index is 11.8. The fourth-order valence-corrected chi connectivity index (χ4v) is 3.55. The van der Waals surface area contributed by atoms with Crippen LogP contribution in [0.5, 0.6) is 0 Å². The number of aromatic carboxylic acids is 1. The minimum Gasteiger partial charge on any atom is -0.478 e. The molecule has 2 rings (SSSR count). The number of hydrogen-bond donors (Lipinski definition) is 4. The number of nitrogens with one attached hydrogen (secondary N) is 3. The minimum absolute atomic E-state index is 0.0485. The second-order valence-electron chi connectivity index (χ2n) is 8.03. The SMILES string of the molecule is CC(C)(C)c1ccc(CNC(=S)NC(NS(C)(=O)=O)c2cccc(C(=O)O)c2)cc1. The van der Waals surface area contributed by atoms with Gasteiger partial charge in [-0.25, -0.2) is 13.2 Å². The molecule has 0 radical (unpaired) electrons. The predicted octanol–water partition coefficient (Wildman–Crippen LogP) is 2.89. The van der Waals surface area contributed by atoms with Crippen molar-refractivity contribution in [3.05, 3.63) is 70.8 Å². The van der Waals surface area contributed by atoms with Gasteiger partial charge in [-0.05, 0) is 46.5 Å². The maximum absolute atomic E-state index is 11.8. The summed E-state index contributed by atoms with van der Waals surface area (Å²) >= 11 is 5.31. The van der Waals surface area contributed by atoms with E-state index in [-0.39, 0.29) is 16.1 Å². The maximum Gasteiger partial charge on any atom is 0.335 e. The van der Waals surface area contributed by atoms with Gasteiger partial charge < -0.3 is 15.7 Å². The van der Waals surface area contributed by atoms with E-state index in [1.807, 2.05) is 12.1 Å². The third-order valence-corrected chi connectivity index (χ3v) is 5.27.